The molecule has 0 atom stereocenters. The Balaban J connectivity index is 2.08. The van der Waals surface area contributed by atoms with Gasteiger partial charge < -0.3 is 14.0 Å². The first kappa shape index (κ1) is 19.4. The lowest BCUT2D eigenvalue weighted by atomic mass is 10.1. The molecular weight excluding hydrogens is 344 g/mol. The molecule has 0 fully saturated rings. The summed E-state index contributed by atoms with van der Waals surface area (Å²) < 4.78 is 39.9. The molecule has 8 nitrogen and oxygen atoms in total. The minimum Gasteiger partial charge on any atom is -0.495 e. The van der Waals surface area contributed by atoms with Crippen LogP contribution in [-0.2, 0) is 27.7 Å². The number of aryl methyl sites for hydroxylation is 2. The third kappa shape index (κ3) is 4.77. The quantitative estimate of drug-likeness (QED) is 0.711. The van der Waals surface area contributed by atoms with Gasteiger partial charge in [0, 0.05) is 26.6 Å². The zero-order chi connectivity index (χ0) is 18.4. The van der Waals surface area contributed by atoms with E-state index in [9.17, 15) is 8.42 Å². The van der Waals surface area contributed by atoms with Gasteiger partial charge in [0.2, 0.25) is 10.0 Å². The molecule has 1 N–H and O–H groups in total. The zero-order valence-corrected chi connectivity index (χ0v) is 15.8. The van der Waals surface area contributed by atoms with Crippen LogP contribution < -0.4 is 9.46 Å². The molecule has 0 spiro atoms. The highest BCUT2D eigenvalue weighted by Crippen LogP contribution is 2.27. The van der Waals surface area contributed by atoms with Crippen LogP contribution in [0.4, 0.5) is 0 Å². The van der Waals surface area contributed by atoms with E-state index in [1.807, 2.05) is 18.4 Å². The molecule has 0 aliphatic heterocycles. The van der Waals surface area contributed by atoms with Gasteiger partial charge in [-0.2, -0.15) is 0 Å². The summed E-state index contributed by atoms with van der Waals surface area (Å²) in [5.74, 6) is 1.03. The zero-order valence-electron chi connectivity index (χ0n) is 14.9. The lowest BCUT2D eigenvalue weighted by molar-refractivity contribution is 0.186. The van der Waals surface area contributed by atoms with Crippen LogP contribution in [0.3, 0.4) is 0 Å². The molecule has 0 unspecified atom stereocenters. The molecule has 0 saturated carbocycles. The minimum absolute atomic E-state index is 0.138. The molecular formula is C16H24N4O4S. The molecule has 1 aromatic carbocycles. The molecule has 2 rings (SSSR count). The maximum atomic E-state index is 12.6. The van der Waals surface area contributed by atoms with Gasteiger partial charge in [-0.3, -0.25) is 0 Å². The number of benzene rings is 1. The first-order chi connectivity index (χ1) is 11.9. The van der Waals surface area contributed by atoms with E-state index in [0.717, 1.165) is 11.1 Å². The maximum absolute atomic E-state index is 12.6. The van der Waals surface area contributed by atoms with Crippen molar-refractivity contribution in [3.05, 3.63) is 35.4 Å². The second kappa shape index (κ2) is 8.41. The average Bonchev–Trinajstić information content (AvgIpc) is 3.02. The molecule has 138 valence electrons. The molecule has 1 heterocycles. The number of sulfonamides is 1. The summed E-state index contributed by atoms with van der Waals surface area (Å²) in [4.78, 5) is 0.138. The fourth-order valence-electron chi connectivity index (χ4n) is 2.36. The highest BCUT2D eigenvalue weighted by molar-refractivity contribution is 7.89. The third-order valence-electron chi connectivity index (χ3n) is 3.94. The standard InChI is InChI=1S/C16H24N4O4S/c1-12-9-14(24-4)15(10-13(12)2)25(21,22)18-6-5-16-19-17-11-20(16)7-8-23-3/h9-11,18H,5-8H2,1-4H3. The van der Waals surface area contributed by atoms with Crippen molar-refractivity contribution in [2.45, 2.75) is 31.7 Å². The van der Waals surface area contributed by atoms with Gasteiger partial charge in [0.15, 0.2) is 0 Å². The van der Waals surface area contributed by atoms with E-state index < -0.39 is 10.0 Å². The van der Waals surface area contributed by atoms with Crippen molar-refractivity contribution >= 4 is 10.0 Å². The van der Waals surface area contributed by atoms with E-state index in [2.05, 4.69) is 14.9 Å². The van der Waals surface area contributed by atoms with E-state index in [0.29, 0.717) is 31.1 Å². The predicted molar refractivity (Wildman–Crippen MR) is 93.3 cm³/mol. The molecule has 0 radical (unpaired) electrons. The van der Waals surface area contributed by atoms with Crippen LogP contribution in [0, 0.1) is 13.8 Å². The van der Waals surface area contributed by atoms with Crippen LogP contribution in [0.15, 0.2) is 23.4 Å². The fourth-order valence-corrected chi connectivity index (χ4v) is 3.62. The fraction of sp³-hybridized carbons (Fsp3) is 0.500. The highest BCUT2D eigenvalue weighted by atomic mass is 32.2. The number of ether oxygens (including phenoxy) is 2. The summed E-state index contributed by atoms with van der Waals surface area (Å²) in [5, 5.41) is 7.88. The van der Waals surface area contributed by atoms with Crippen molar-refractivity contribution in [1.29, 1.82) is 0 Å². The third-order valence-corrected chi connectivity index (χ3v) is 5.42. The lowest BCUT2D eigenvalue weighted by Gasteiger charge is -2.13. The molecule has 9 heteroatoms. The van der Waals surface area contributed by atoms with Crippen molar-refractivity contribution in [2.24, 2.45) is 0 Å². The first-order valence-electron chi connectivity index (χ1n) is 7.89. The van der Waals surface area contributed by atoms with Gasteiger partial charge in [-0.05, 0) is 37.1 Å². The Bertz CT molecular complexity index is 818. The Morgan fingerprint density at radius 2 is 1.92 bits per heavy atom. The highest BCUT2D eigenvalue weighted by Gasteiger charge is 2.20. The Kier molecular flexibility index (Phi) is 6.51. The van der Waals surface area contributed by atoms with E-state index in [4.69, 9.17) is 9.47 Å². The smallest absolute Gasteiger partial charge is 0.244 e. The number of aromatic nitrogens is 3. The lowest BCUT2D eigenvalue weighted by Crippen LogP contribution is -2.27. The van der Waals surface area contributed by atoms with E-state index in [1.165, 1.54) is 7.11 Å². The number of rotatable bonds is 9. The predicted octanol–water partition coefficient (Wildman–Crippen LogP) is 1.07. The molecule has 0 aliphatic rings. The molecule has 0 amide bonds. The summed E-state index contributed by atoms with van der Waals surface area (Å²) in [6.45, 7) is 5.15. The topological polar surface area (TPSA) is 95.3 Å². The van der Waals surface area contributed by atoms with Crippen molar-refractivity contribution in [3.63, 3.8) is 0 Å². The van der Waals surface area contributed by atoms with Crippen LogP contribution in [0.5, 0.6) is 5.75 Å². The molecule has 0 aliphatic carbocycles. The van der Waals surface area contributed by atoms with Gasteiger partial charge in [-0.15, -0.1) is 10.2 Å². The molecule has 1 aromatic heterocycles. The van der Waals surface area contributed by atoms with Crippen LogP contribution in [0.2, 0.25) is 0 Å². The maximum Gasteiger partial charge on any atom is 0.244 e. The largest absolute Gasteiger partial charge is 0.495 e. The van der Waals surface area contributed by atoms with Crippen molar-refractivity contribution in [2.75, 3.05) is 27.4 Å². The Labute approximate surface area is 148 Å². The van der Waals surface area contributed by atoms with Crippen molar-refractivity contribution in [1.82, 2.24) is 19.5 Å². The number of hydrogen-bond donors (Lipinski definition) is 1. The van der Waals surface area contributed by atoms with E-state index in [1.54, 1.807) is 25.6 Å². The van der Waals surface area contributed by atoms with Crippen LogP contribution in [0.25, 0.3) is 0 Å². The normalized spacial score (nSPS) is 11.7. The molecule has 25 heavy (non-hydrogen) atoms. The summed E-state index contributed by atoms with van der Waals surface area (Å²) in [6, 6.07) is 3.35. The SMILES string of the molecule is COCCn1cnnc1CCNS(=O)(=O)c1cc(C)c(C)cc1OC. The Morgan fingerprint density at radius 3 is 2.60 bits per heavy atom. The van der Waals surface area contributed by atoms with Crippen molar-refractivity contribution in [3.8, 4) is 5.75 Å². The molecule has 0 bridgehead atoms. The monoisotopic (exact) mass is 368 g/mol. The first-order valence-corrected chi connectivity index (χ1v) is 9.38. The Hall–Kier alpha value is -1.97. The summed E-state index contributed by atoms with van der Waals surface area (Å²) in [7, 11) is -0.603. The van der Waals surface area contributed by atoms with E-state index in [-0.39, 0.29) is 11.4 Å². The molecule has 2 aromatic rings. The minimum atomic E-state index is -3.68. The number of nitrogens with one attached hydrogen (secondary N) is 1. The summed E-state index contributed by atoms with van der Waals surface area (Å²) in [6.07, 6.45) is 2.03. The van der Waals surface area contributed by atoms with Gasteiger partial charge in [-0.25, -0.2) is 13.1 Å². The van der Waals surface area contributed by atoms with Gasteiger partial charge in [0.05, 0.1) is 13.7 Å². The van der Waals surface area contributed by atoms with E-state index >= 15 is 0 Å². The second-order valence-electron chi connectivity index (χ2n) is 5.67. The summed E-state index contributed by atoms with van der Waals surface area (Å²) >= 11 is 0. The van der Waals surface area contributed by atoms with Gasteiger partial charge in [0.25, 0.3) is 0 Å². The van der Waals surface area contributed by atoms with Crippen LogP contribution in [-0.4, -0.2) is 50.6 Å². The summed E-state index contributed by atoms with van der Waals surface area (Å²) in [5.41, 5.74) is 1.86. The Morgan fingerprint density at radius 1 is 1.20 bits per heavy atom. The number of nitrogens with zero attached hydrogens (tertiary/aromatic N) is 3. The van der Waals surface area contributed by atoms with Gasteiger partial charge >= 0.3 is 0 Å². The van der Waals surface area contributed by atoms with Crippen LogP contribution >= 0.6 is 0 Å². The van der Waals surface area contributed by atoms with Gasteiger partial charge in [0.1, 0.15) is 22.8 Å². The molecule has 0 saturated heterocycles. The number of hydrogen-bond acceptors (Lipinski definition) is 6. The van der Waals surface area contributed by atoms with Gasteiger partial charge in [-0.1, -0.05) is 0 Å². The number of methoxy groups -OCH3 is 2. The van der Waals surface area contributed by atoms with Crippen molar-refractivity contribution < 1.29 is 17.9 Å². The second-order valence-corrected chi connectivity index (χ2v) is 7.40. The van der Waals surface area contributed by atoms with Crippen LogP contribution in [0.1, 0.15) is 17.0 Å². The average molecular weight is 368 g/mol.